The smallest absolute Gasteiger partial charge is 0.420 e. The molecule has 0 radical (unpaired) electrons. The number of carbonyl (C=O) groups excluding carboxylic acids is 1. The van der Waals surface area contributed by atoms with Gasteiger partial charge in [-0.2, -0.15) is 0 Å². The Kier molecular flexibility index (Phi) is 1.24. The zero-order valence-corrected chi connectivity index (χ0v) is 5.95. The van der Waals surface area contributed by atoms with E-state index in [9.17, 15) is 14.4 Å². The van der Waals surface area contributed by atoms with E-state index in [4.69, 9.17) is 0 Å². The Morgan fingerprint density at radius 2 is 2.00 bits per heavy atom. The number of carbonyl (C=O) groups is 1. The number of ketones is 1. The van der Waals surface area contributed by atoms with E-state index in [0.717, 1.165) is 0 Å². The van der Waals surface area contributed by atoms with E-state index in [-0.39, 0.29) is 16.0 Å². The molecule has 0 unspecified atom stereocenters. The number of para-hydroxylation sites is 1. The molecule has 0 bridgehead atoms. The summed E-state index contributed by atoms with van der Waals surface area (Å²) in [6.45, 7) is 0. The van der Waals surface area contributed by atoms with Crippen molar-refractivity contribution in [2.75, 3.05) is 0 Å². The van der Waals surface area contributed by atoms with E-state index in [0.29, 0.717) is 0 Å². The van der Waals surface area contributed by atoms with Crippen molar-refractivity contribution in [3.63, 3.8) is 0 Å². The molecule has 1 aromatic rings. The summed E-state index contributed by atoms with van der Waals surface area (Å²) in [5, 5.41) is 10.9. The van der Waals surface area contributed by atoms with Crippen LogP contribution in [-0.2, 0) is 0 Å². The number of rotatable bonds is 0. The maximum atomic E-state index is 12.7. The normalized spacial score (nSPS) is 15.2. The van der Waals surface area contributed by atoms with Gasteiger partial charge in [0.1, 0.15) is 5.56 Å². The van der Waals surface area contributed by atoms with Crippen LogP contribution >= 0.6 is 0 Å². The van der Waals surface area contributed by atoms with Crippen LogP contribution in [0.1, 0.15) is 10.4 Å². The van der Waals surface area contributed by atoms with Gasteiger partial charge in [0, 0.05) is 6.07 Å². The van der Waals surface area contributed by atoms with E-state index in [1.807, 2.05) is 0 Å². The number of hydrogen-bond acceptors (Lipinski definition) is 2. The summed E-state index contributed by atoms with van der Waals surface area (Å²) in [5.74, 6) is -2.09. The summed E-state index contributed by atoms with van der Waals surface area (Å²) in [7, 11) is 0. The van der Waals surface area contributed by atoms with Crippen molar-refractivity contribution in [3.8, 4) is 0 Å². The van der Waals surface area contributed by atoms with E-state index < -0.39 is 11.7 Å². The molecule has 1 aromatic carbocycles. The first-order chi connectivity index (χ1) is 5.72. The van der Waals surface area contributed by atoms with Crippen LogP contribution in [0.25, 0.3) is 0 Å². The Hall–Kier alpha value is -1.71. The first kappa shape index (κ1) is 6.97. The molecule has 0 saturated carbocycles. The number of Topliss-reactive ketones (excluding diaryl/α,β-unsaturated/α-hetero) is 1. The third kappa shape index (κ3) is 0.689. The largest absolute Gasteiger partial charge is 0.616 e. The van der Waals surface area contributed by atoms with E-state index in [1.165, 1.54) is 12.1 Å². The molecule has 1 aliphatic rings. The molecule has 0 atom stereocenters. The minimum atomic E-state index is -1.25. The monoisotopic (exact) mass is 165 g/mol. The first-order valence-corrected chi connectivity index (χ1v) is 3.35. The van der Waals surface area contributed by atoms with Gasteiger partial charge in [0.15, 0.2) is 0 Å². The number of benzene rings is 1. The summed E-state index contributed by atoms with van der Waals surface area (Å²) in [5.41, 5.74) is 0.213. The molecular formula is C8H4FNO2. The summed E-state index contributed by atoms with van der Waals surface area (Å²) in [6, 6.07) is 6.00. The highest BCUT2D eigenvalue weighted by atomic mass is 19.1. The lowest BCUT2D eigenvalue weighted by molar-refractivity contribution is -0.363. The van der Waals surface area contributed by atoms with E-state index in [2.05, 4.69) is 0 Å². The van der Waals surface area contributed by atoms with Gasteiger partial charge in [0.25, 0.3) is 5.78 Å². The molecule has 0 aliphatic carbocycles. The molecular weight excluding hydrogens is 161 g/mol. The highest BCUT2D eigenvalue weighted by Crippen LogP contribution is 2.25. The van der Waals surface area contributed by atoms with Crippen LogP contribution in [0.5, 0.6) is 0 Å². The predicted molar refractivity (Wildman–Crippen MR) is 40.2 cm³/mol. The fraction of sp³-hybridized carbons (Fsp3) is 0. The molecule has 2 rings (SSSR count). The van der Waals surface area contributed by atoms with Gasteiger partial charge in [-0.1, -0.05) is 12.1 Å². The second-order valence-electron chi connectivity index (χ2n) is 2.43. The predicted octanol–water partition coefficient (Wildman–Crippen LogP) is 1.39. The molecule has 3 nitrogen and oxygen atoms in total. The molecule has 0 amide bonds. The second-order valence-corrected chi connectivity index (χ2v) is 2.43. The Labute approximate surface area is 67.3 Å². The highest BCUT2D eigenvalue weighted by Gasteiger charge is 2.35. The number of fused-ring (bicyclic) bond motifs is 1. The summed E-state index contributed by atoms with van der Waals surface area (Å²) in [4.78, 5) is 11.0. The Morgan fingerprint density at radius 1 is 1.33 bits per heavy atom. The molecule has 4 heteroatoms. The van der Waals surface area contributed by atoms with Crippen molar-refractivity contribution in [1.82, 2.24) is 0 Å². The summed E-state index contributed by atoms with van der Waals surface area (Å²) >= 11 is 0. The average molecular weight is 165 g/mol. The molecule has 0 aromatic heterocycles. The lowest BCUT2D eigenvalue weighted by atomic mass is 10.1. The van der Waals surface area contributed by atoms with Crippen molar-refractivity contribution in [2.24, 2.45) is 0 Å². The maximum absolute atomic E-state index is 12.7. The molecule has 0 spiro atoms. The van der Waals surface area contributed by atoms with Gasteiger partial charge in [-0.3, -0.25) is 4.79 Å². The lowest BCUT2D eigenvalue weighted by Gasteiger charge is -1.95. The fourth-order valence-corrected chi connectivity index (χ4v) is 1.15. The zero-order valence-electron chi connectivity index (χ0n) is 5.95. The van der Waals surface area contributed by atoms with Crippen LogP contribution in [0.2, 0.25) is 0 Å². The topological polar surface area (TPSA) is 43.1 Å². The highest BCUT2D eigenvalue weighted by molar-refractivity contribution is 6.43. The van der Waals surface area contributed by atoms with Gasteiger partial charge in [-0.25, -0.2) is 0 Å². The van der Waals surface area contributed by atoms with Gasteiger partial charge >= 0.3 is 5.97 Å². The molecule has 60 valence electrons. The lowest BCUT2D eigenvalue weighted by Crippen LogP contribution is -2.07. The molecule has 12 heavy (non-hydrogen) atoms. The van der Waals surface area contributed by atoms with Gasteiger partial charge in [-0.15, -0.1) is 9.13 Å². The van der Waals surface area contributed by atoms with Crippen LogP contribution in [0, 0.1) is 5.21 Å². The van der Waals surface area contributed by atoms with Crippen molar-refractivity contribution in [3.05, 3.63) is 35.0 Å². The average Bonchev–Trinajstić information content (AvgIpc) is 2.33. The quantitative estimate of drug-likeness (QED) is 0.430. The fourth-order valence-electron chi connectivity index (χ4n) is 1.15. The van der Waals surface area contributed by atoms with Gasteiger partial charge in [0.05, 0.1) is 0 Å². The summed E-state index contributed by atoms with van der Waals surface area (Å²) < 4.78 is 12.7. The van der Waals surface area contributed by atoms with Crippen molar-refractivity contribution < 1.29 is 13.9 Å². The second kappa shape index (κ2) is 2.14. The van der Waals surface area contributed by atoms with Gasteiger partial charge in [-0.05, 0) is 6.07 Å². The molecule has 1 aliphatic heterocycles. The zero-order chi connectivity index (χ0) is 8.72. The maximum Gasteiger partial charge on any atom is 0.420 e. The number of halogens is 1. The van der Waals surface area contributed by atoms with E-state index in [1.54, 1.807) is 12.1 Å². The van der Waals surface area contributed by atoms with Gasteiger partial charge in [0.2, 0.25) is 5.69 Å². The molecule has 1 heterocycles. The molecule has 0 saturated heterocycles. The van der Waals surface area contributed by atoms with Crippen LogP contribution in [0.3, 0.4) is 0 Å². The number of hydrogen-bond donors (Lipinski definition) is 0. The third-order valence-electron chi connectivity index (χ3n) is 1.73. The van der Waals surface area contributed by atoms with Gasteiger partial charge < -0.3 is 5.21 Å². The van der Waals surface area contributed by atoms with Crippen molar-refractivity contribution in [1.29, 1.82) is 0 Å². The van der Waals surface area contributed by atoms with Crippen molar-refractivity contribution >= 4 is 17.4 Å². The van der Waals surface area contributed by atoms with Crippen LogP contribution < -0.4 is 0 Å². The Morgan fingerprint density at radius 3 is 2.67 bits per heavy atom. The Bertz CT molecular complexity index is 398. The minimum Gasteiger partial charge on any atom is -0.616 e. The van der Waals surface area contributed by atoms with E-state index >= 15 is 0 Å². The molecule has 0 fully saturated rings. The minimum absolute atomic E-state index is 0.0116. The molecule has 0 N–H and O–H groups in total. The Balaban J connectivity index is 2.73. The summed E-state index contributed by atoms with van der Waals surface area (Å²) in [6.07, 6.45) is 0. The van der Waals surface area contributed by atoms with Crippen LogP contribution in [0.4, 0.5) is 10.1 Å². The SMILES string of the molecule is O=C1C(F)=[N+]([O-])c2ccccc21. The standard InChI is InChI=1S/C8H4FNO2/c9-8-7(11)5-3-1-2-4-6(5)10(8)12/h1-4H. The number of nitrogens with zero attached hydrogens (tertiary/aromatic N) is 1. The van der Waals surface area contributed by atoms with Crippen LogP contribution in [-0.4, -0.2) is 16.5 Å². The first-order valence-electron chi connectivity index (χ1n) is 3.35. The van der Waals surface area contributed by atoms with Crippen LogP contribution in [0.15, 0.2) is 24.3 Å². The van der Waals surface area contributed by atoms with Crippen molar-refractivity contribution in [2.45, 2.75) is 0 Å². The third-order valence-corrected chi connectivity index (χ3v) is 1.73.